The summed E-state index contributed by atoms with van der Waals surface area (Å²) in [5.74, 6) is -0.319. The summed E-state index contributed by atoms with van der Waals surface area (Å²) in [4.78, 5) is 13.1. The zero-order chi connectivity index (χ0) is 17.3. The first kappa shape index (κ1) is 18.2. The lowest BCUT2D eigenvalue weighted by Gasteiger charge is -2.32. The molecule has 1 N–H and O–H groups in total. The standard InChI is InChI=1S/C16H24BNO4S/c1-15(2)16(3,4)22-17(21-15)11(10-18-5)9-12-7-8-13(23-12)14(19)20-6/h7-9,18H,10H2,1-6H3. The van der Waals surface area contributed by atoms with Gasteiger partial charge in [-0.15, -0.1) is 11.3 Å². The molecule has 0 saturated carbocycles. The molecule has 1 aliphatic rings. The molecule has 0 aromatic carbocycles. The van der Waals surface area contributed by atoms with Crippen molar-refractivity contribution in [2.45, 2.75) is 38.9 Å². The van der Waals surface area contributed by atoms with E-state index in [4.69, 9.17) is 14.0 Å². The van der Waals surface area contributed by atoms with E-state index in [1.807, 2.05) is 46.9 Å². The van der Waals surface area contributed by atoms with Gasteiger partial charge in [-0.25, -0.2) is 4.79 Å². The first-order valence-electron chi connectivity index (χ1n) is 7.59. The monoisotopic (exact) mass is 337 g/mol. The van der Waals surface area contributed by atoms with Gasteiger partial charge in [0, 0.05) is 11.4 Å². The molecule has 0 spiro atoms. The van der Waals surface area contributed by atoms with Gasteiger partial charge in [-0.2, -0.15) is 0 Å². The Labute approximate surface area is 142 Å². The Balaban J connectivity index is 2.25. The molecule has 0 bridgehead atoms. The van der Waals surface area contributed by atoms with Crippen LogP contribution in [0, 0.1) is 0 Å². The normalized spacial score (nSPS) is 19.9. The zero-order valence-electron chi connectivity index (χ0n) is 14.6. The fourth-order valence-corrected chi connectivity index (χ4v) is 3.13. The van der Waals surface area contributed by atoms with Crippen molar-refractivity contribution in [2.75, 3.05) is 20.7 Å². The van der Waals surface area contributed by atoms with E-state index in [9.17, 15) is 4.79 Å². The maximum Gasteiger partial charge on any atom is 0.491 e. The predicted octanol–water partition coefficient (Wildman–Crippen LogP) is 2.77. The minimum absolute atomic E-state index is 0.319. The fraction of sp³-hybridized carbons (Fsp3) is 0.562. The minimum atomic E-state index is -0.406. The molecule has 1 aliphatic heterocycles. The van der Waals surface area contributed by atoms with Gasteiger partial charge in [-0.3, -0.25) is 0 Å². The molecule has 1 aromatic heterocycles. The van der Waals surface area contributed by atoms with Crippen LogP contribution in [0.4, 0.5) is 0 Å². The average molecular weight is 337 g/mol. The van der Waals surface area contributed by atoms with E-state index in [-0.39, 0.29) is 17.2 Å². The molecule has 0 atom stereocenters. The van der Waals surface area contributed by atoms with Crippen molar-refractivity contribution in [3.8, 4) is 0 Å². The van der Waals surface area contributed by atoms with Crippen LogP contribution in [0.25, 0.3) is 6.08 Å². The minimum Gasteiger partial charge on any atom is -0.465 e. The van der Waals surface area contributed by atoms with E-state index < -0.39 is 7.12 Å². The van der Waals surface area contributed by atoms with E-state index in [2.05, 4.69) is 5.32 Å². The Morgan fingerprint density at radius 3 is 2.43 bits per heavy atom. The second-order valence-electron chi connectivity index (χ2n) is 6.53. The highest BCUT2D eigenvalue weighted by Gasteiger charge is 2.52. The molecule has 5 nitrogen and oxygen atoms in total. The molecule has 23 heavy (non-hydrogen) atoms. The third-order valence-electron chi connectivity index (χ3n) is 4.28. The van der Waals surface area contributed by atoms with Gasteiger partial charge in [0.1, 0.15) is 4.88 Å². The predicted molar refractivity (Wildman–Crippen MR) is 93.6 cm³/mol. The molecule has 126 valence electrons. The van der Waals surface area contributed by atoms with Crippen LogP contribution in [0.5, 0.6) is 0 Å². The van der Waals surface area contributed by atoms with Crippen molar-refractivity contribution >= 4 is 30.5 Å². The van der Waals surface area contributed by atoms with Crippen molar-refractivity contribution in [2.24, 2.45) is 0 Å². The number of esters is 1. The topological polar surface area (TPSA) is 56.8 Å². The van der Waals surface area contributed by atoms with Crippen LogP contribution >= 0.6 is 11.3 Å². The van der Waals surface area contributed by atoms with Crippen molar-refractivity contribution in [3.05, 3.63) is 27.4 Å². The van der Waals surface area contributed by atoms with Gasteiger partial charge in [0.15, 0.2) is 0 Å². The second kappa shape index (κ2) is 6.77. The molecular weight excluding hydrogens is 313 g/mol. The largest absolute Gasteiger partial charge is 0.491 e. The molecule has 2 rings (SSSR count). The lowest BCUT2D eigenvalue weighted by Crippen LogP contribution is -2.41. The summed E-state index contributed by atoms with van der Waals surface area (Å²) in [7, 11) is 2.86. The molecule has 7 heteroatoms. The van der Waals surface area contributed by atoms with Crippen LogP contribution < -0.4 is 5.32 Å². The van der Waals surface area contributed by atoms with Crippen LogP contribution in [0.15, 0.2) is 17.6 Å². The van der Waals surface area contributed by atoms with Gasteiger partial charge in [0.05, 0.1) is 18.3 Å². The lowest BCUT2D eigenvalue weighted by molar-refractivity contribution is 0.00578. The van der Waals surface area contributed by atoms with Gasteiger partial charge in [0.2, 0.25) is 0 Å². The summed E-state index contributed by atoms with van der Waals surface area (Å²) in [6, 6.07) is 3.67. The van der Waals surface area contributed by atoms with Gasteiger partial charge in [-0.1, -0.05) is 0 Å². The Kier molecular flexibility index (Phi) is 5.35. The molecular formula is C16H24BNO4S. The Morgan fingerprint density at radius 1 is 1.30 bits per heavy atom. The summed E-state index contributed by atoms with van der Waals surface area (Å²) in [5.41, 5.74) is 0.234. The highest BCUT2D eigenvalue weighted by Crippen LogP contribution is 2.39. The third kappa shape index (κ3) is 3.85. The first-order valence-corrected chi connectivity index (χ1v) is 8.40. The van der Waals surface area contributed by atoms with Crippen LogP contribution in [-0.4, -0.2) is 45.0 Å². The van der Waals surface area contributed by atoms with Crippen LogP contribution in [-0.2, 0) is 14.0 Å². The van der Waals surface area contributed by atoms with E-state index >= 15 is 0 Å². The van der Waals surface area contributed by atoms with E-state index in [0.29, 0.717) is 11.4 Å². The molecule has 1 saturated heterocycles. The summed E-state index contributed by atoms with van der Waals surface area (Å²) < 4.78 is 17.0. The maximum absolute atomic E-state index is 11.6. The van der Waals surface area contributed by atoms with Crippen molar-refractivity contribution in [1.82, 2.24) is 5.32 Å². The quantitative estimate of drug-likeness (QED) is 0.661. The number of thiophene rings is 1. The first-order chi connectivity index (χ1) is 10.7. The lowest BCUT2D eigenvalue weighted by atomic mass is 9.77. The highest BCUT2D eigenvalue weighted by molar-refractivity contribution is 7.14. The summed E-state index contributed by atoms with van der Waals surface area (Å²) in [6.45, 7) is 8.77. The number of carbonyl (C=O) groups excluding carboxylic acids is 1. The number of likely N-dealkylation sites (N-methyl/N-ethyl adjacent to an activating group) is 1. The average Bonchev–Trinajstić information content (AvgIpc) is 3.00. The third-order valence-corrected chi connectivity index (χ3v) is 5.29. The molecule has 0 amide bonds. The van der Waals surface area contributed by atoms with E-state index in [0.717, 1.165) is 10.3 Å². The summed E-state index contributed by atoms with van der Waals surface area (Å²) in [6.07, 6.45) is 2.01. The smallest absolute Gasteiger partial charge is 0.465 e. The van der Waals surface area contributed by atoms with E-state index in [1.165, 1.54) is 18.4 Å². The van der Waals surface area contributed by atoms with Gasteiger partial charge in [-0.05, 0) is 58.4 Å². The SMILES string of the molecule is CNCC(=Cc1ccc(C(=O)OC)s1)B1OC(C)(C)C(C)(C)O1. The highest BCUT2D eigenvalue weighted by atomic mass is 32.1. The molecule has 0 unspecified atom stereocenters. The van der Waals surface area contributed by atoms with Crippen LogP contribution in [0.1, 0.15) is 42.2 Å². The molecule has 2 heterocycles. The molecule has 0 aliphatic carbocycles. The Morgan fingerprint density at radius 2 is 1.91 bits per heavy atom. The number of rotatable bonds is 5. The number of nitrogens with one attached hydrogen (secondary N) is 1. The molecule has 1 aromatic rings. The van der Waals surface area contributed by atoms with Gasteiger partial charge < -0.3 is 19.4 Å². The number of hydrogen-bond acceptors (Lipinski definition) is 6. The molecule has 1 fully saturated rings. The van der Waals surface area contributed by atoms with Crippen molar-refractivity contribution in [3.63, 3.8) is 0 Å². The van der Waals surface area contributed by atoms with Gasteiger partial charge in [0.25, 0.3) is 0 Å². The number of hydrogen-bond donors (Lipinski definition) is 1. The van der Waals surface area contributed by atoms with E-state index in [1.54, 1.807) is 6.07 Å². The van der Waals surface area contributed by atoms with Crippen LogP contribution in [0.3, 0.4) is 0 Å². The summed E-state index contributed by atoms with van der Waals surface area (Å²) in [5, 5.41) is 3.15. The number of carbonyl (C=O) groups is 1. The summed E-state index contributed by atoms with van der Waals surface area (Å²) >= 11 is 1.39. The van der Waals surface area contributed by atoms with Crippen LogP contribution in [0.2, 0.25) is 0 Å². The molecule has 0 radical (unpaired) electrons. The Bertz CT molecular complexity index is 593. The number of ether oxygens (including phenoxy) is 1. The Hall–Kier alpha value is -1.15. The fourth-order valence-electron chi connectivity index (χ4n) is 2.22. The number of methoxy groups -OCH3 is 1. The van der Waals surface area contributed by atoms with Crippen molar-refractivity contribution < 1.29 is 18.8 Å². The maximum atomic E-state index is 11.6. The zero-order valence-corrected chi connectivity index (χ0v) is 15.4. The van der Waals surface area contributed by atoms with Crippen molar-refractivity contribution in [1.29, 1.82) is 0 Å². The van der Waals surface area contributed by atoms with Gasteiger partial charge >= 0.3 is 13.1 Å². The second-order valence-corrected chi connectivity index (χ2v) is 7.65.